The fourth-order valence-corrected chi connectivity index (χ4v) is 3.11. The molecule has 1 aliphatic carbocycles. The Labute approximate surface area is 135 Å². The molecule has 0 aromatic heterocycles. The molecule has 1 saturated carbocycles. The highest BCUT2D eigenvalue weighted by molar-refractivity contribution is 9.10. The van der Waals surface area contributed by atoms with Crippen LogP contribution in [-0.2, 0) is 0 Å². The normalized spacial score (nSPS) is 18.0. The number of hydrogen-bond donors (Lipinski definition) is 1. The summed E-state index contributed by atoms with van der Waals surface area (Å²) in [4.78, 5) is 24.9. The first-order valence-electron chi connectivity index (χ1n) is 6.88. The van der Waals surface area contributed by atoms with E-state index in [1.165, 1.54) is 23.1 Å². The van der Waals surface area contributed by atoms with E-state index in [0.717, 1.165) is 0 Å². The van der Waals surface area contributed by atoms with Crippen molar-refractivity contribution in [3.05, 3.63) is 33.8 Å². The smallest absolute Gasteiger partial charge is 0.335 e. The molecule has 22 heavy (non-hydrogen) atoms. The Kier molecular flexibility index (Phi) is 4.84. The standard InChI is InChI=1S/C15H16BrF2NO3/c1-19(12-2-4-15(17,18)5-3-12)13(20)9-6-10(14(21)22)8-11(16)7-9/h6-8,12H,2-5H2,1H3,(H,21,22). The quantitative estimate of drug-likeness (QED) is 0.873. The Morgan fingerprint density at radius 1 is 1.23 bits per heavy atom. The van der Waals surface area contributed by atoms with Crippen molar-refractivity contribution >= 4 is 27.8 Å². The van der Waals surface area contributed by atoms with Gasteiger partial charge in [-0.3, -0.25) is 4.79 Å². The Balaban J connectivity index is 2.16. The lowest BCUT2D eigenvalue weighted by atomic mass is 9.91. The van der Waals surface area contributed by atoms with Crippen LogP contribution in [0.15, 0.2) is 22.7 Å². The molecule has 0 atom stereocenters. The average molecular weight is 376 g/mol. The number of nitrogens with zero attached hydrogens (tertiary/aromatic N) is 1. The summed E-state index contributed by atoms with van der Waals surface area (Å²) in [6.45, 7) is 0. The summed E-state index contributed by atoms with van der Waals surface area (Å²) in [6, 6.07) is 3.98. The van der Waals surface area contributed by atoms with E-state index in [4.69, 9.17) is 5.11 Å². The van der Waals surface area contributed by atoms with Crippen molar-refractivity contribution in [3.8, 4) is 0 Å². The zero-order valence-electron chi connectivity index (χ0n) is 12.0. The number of rotatable bonds is 3. The van der Waals surface area contributed by atoms with E-state index in [-0.39, 0.29) is 48.8 Å². The maximum Gasteiger partial charge on any atom is 0.335 e. The summed E-state index contributed by atoms with van der Waals surface area (Å²) < 4.78 is 26.9. The van der Waals surface area contributed by atoms with E-state index in [9.17, 15) is 18.4 Å². The third kappa shape index (κ3) is 3.82. The molecule has 1 aromatic carbocycles. The van der Waals surface area contributed by atoms with E-state index in [2.05, 4.69) is 15.9 Å². The molecule has 1 aromatic rings. The minimum atomic E-state index is -2.65. The van der Waals surface area contributed by atoms with Gasteiger partial charge in [0.1, 0.15) is 0 Å². The van der Waals surface area contributed by atoms with Crippen LogP contribution in [0.1, 0.15) is 46.4 Å². The Morgan fingerprint density at radius 3 is 2.32 bits per heavy atom. The molecule has 4 nitrogen and oxygen atoms in total. The molecule has 0 spiro atoms. The average Bonchev–Trinajstić information content (AvgIpc) is 2.45. The minimum absolute atomic E-state index is 0.00121. The van der Waals surface area contributed by atoms with E-state index in [1.54, 1.807) is 7.05 Å². The van der Waals surface area contributed by atoms with E-state index < -0.39 is 11.9 Å². The number of benzene rings is 1. The van der Waals surface area contributed by atoms with Crippen LogP contribution in [0.5, 0.6) is 0 Å². The maximum atomic E-state index is 13.2. The molecular formula is C15H16BrF2NO3. The van der Waals surface area contributed by atoms with Crippen molar-refractivity contribution in [2.75, 3.05) is 7.05 Å². The Hall–Kier alpha value is -1.50. The van der Waals surface area contributed by atoms with Crippen LogP contribution in [0, 0.1) is 0 Å². The van der Waals surface area contributed by atoms with Crippen LogP contribution < -0.4 is 0 Å². The zero-order chi connectivity index (χ0) is 16.5. The number of amides is 1. The van der Waals surface area contributed by atoms with Crippen LogP contribution in [-0.4, -0.2) is 40.9 Å². The number of aromatic carboxylic acids is 1. The molecule has 1 amide bonds. The van der Waals surface area contributed by atoms with Gasteiger partial charge in [0.15, 0.2) is 0 Å². The molecule has 0 bridgehead atoms. The summed E-state index contributed by atoms with van der Waals surface area (Å²) in [5, 5.41) is 9.03. The summed E-state index contributed by atoms with van der Waals surface area (Å²) >= 11 is 3.18. The summed E-state index contributed by atoms with van der Waals surface area (Å²) in [6.07, 6.45) is 0.0341. The van der Waals surface area contributed by atoms with Crippen molar-refractivity contribution in [1.29, 1.82) is 0 Å². The van der Waals surface area contributed by atoms with Gasteiger partial charge in [0.25, 0.3) is 5.91 Å². The van der Waals surface area contributed by atoms with Gasteiger partial charge in [-0.1, -0.05) is 15.9 Å². The summed E-state index contributed by atoms with van der Waals surface area (Å²) in [7, 11) is 1.57. The van der Waals surface area contributed by atoms with E-state index >= 15 is 0 Å². The molecule has 0 saturated heterocycles. The summed E-state index contributed by atoms with van der Waals surface area (Å²) in [5.74, 6) is -4.14. The van der Waals surface area contributed by atoms with Crippen LogP contribution in [0.25, 0.3) is 0 Å². The van der Waals surface area contributed by atoms with Crippen molar-refractivity contribution in [2.24, 2.45) is 0 Å². The highest BCUT2D eigenvalue weighted by atomic mass is 79.9. The number of alkyl halides is 2. The van der Waals surface area contributed by atoms with Gasteiger partial charge in [-0.15, -0.1) is 0 Å². The molecular weight excluding hydrogens is 360 g/mol. The maximum absolute atomic E-state index is 13.2. The minimum Gasteiger partial charge on any atom is -0.478 e. The predicted molar refractivity (Wildman–Crippen MR) is 80.4 cm³/mol. The lowest BCUT2D eigenvalue weighted by Crippen LogP contribution is -2.41. The number of carbonyl (C=O) groups excluding carboxylic acids is 1. The molecule has 0 aliphatic heterocycles. The molecule has 1 fully saturated rings. The van der Waals surface area contributed by atoms with Gasteiger partial charge >= 0.3 is 5.97 Å². The van der Waals surface area contributed by atoms with Gasteiger partial charge in [0.2, 0.25) is 5.92 Å². The van der Waals surface area contributed by atoms with Gasteiger partial charge in [-0.2, -0.15) is 0 Å². The lowest BCUT2D eigenvalue weighted by molar-refractivity contribution is -0.0490. The molecule has 1 aliphatic rings. The van der Waals surface area contributed by atoms with Crippen LogP contribution >= 0.6 is 15.9 Å². The number of carbonyl (C=O) groups is 2. The van der Waals surface area contributed by atoms with Crippen molar-refractivity contribution in [1.82, 2.24) is 4.90 Å². The number of carboxylic acid groups (broad SMARTS) is 1. The molecule has 0 unspecified atom stereocenters. The monoisotopic (exact) mass is 375 g/mol. The second-order valence-electron chi connectivity index (χ2n) is 5.54. The van der Waals surface area contributed by atoms with Crippen molar-refractivity contribution < 1.29 is 23.5 Å². The molecule has 7 heteroatoms. The van der Waals surface area contributed by atoms with Crippen LogP contribution in [0.3, 0.4) is 0 Å². The topological polar surface area (TPSA) is 57.6 Å². The van der Waals surface area contributed by atoms with E-state index in [0.29, 0.717) is 4.47 Å². The Morgan fingerprint density at radius 2 is 1.77 bits per heavy atom. The van der Waals surface area contributed by atoms with Crippen LogP contribution in [0.4, 0.5) is 8.78 Å². The fourth-order valence-electron chi connectivity index (χ4n) is 2.62. The fraction of sp³-hybridized carbons (Fsp3) is 0.467. The molecule has 1 N–H and O–H groups in total. The van der Waals surface area contributed by atoms with Crippen molar-refractivity contribution in [3.63, 3.8) is 0 Å². The molecule has 2 rings (SSSR count). The zero-order valence-corrected chi connectivity index (χ0v) is 13.6. The van der Waals surface area contributed by atoms with Gasteiger partial charge < -0.3 is 10.0 Å². The third-order valence-electron chi connectivity index (χ3n) is 3.95. The Bertz CT molecular complexity index is 596. The second-order valence-corrected chi connectivity index (χ2v) is 6.45. The van der Waals surface area contributed by atoms with E-state index in [1.807, 2.05) is 0 Å². The third-order valence-corrected chi connectivity index (χ3v) is 4.40. The summed E-state index contributed by atoms with van der Waals surface area (Å²) in [5.41, 5.74) is 0.230. The van der Waals surface area contributed by atoms with Gasteiger partial charge in [0, 0.05) is 36.0 Å². The second kappa shape index (κ2) is 6.32. The predicted octanol–water partition coefficient (Wildman–Crippen LogP) is 3.80. The molecule has 0 radical (unpaired) electrons. The highest BCUT2D eigenvalue weighted by Crippen LogP contribution is 2.35. The largest absolute Gasteiger partial charge is 0.478 e. The number of hydrogen-bond acceptors (Lipinski definition) is 2. The van der Waals surface area contributed by atoms with Gasteiger partial charge in [-0.25, -0.2) is 13.6 Å². The SMILES string of the molecule is CN(C(=O)c1cc(Br)cc(C(=O)O)c1)C1CCC(F)(F)CC1. The van der Waals surface area contributed by atoms with Gasteiger partial charge in [-0.05, 0) is 31.0 Å². The number of carboxylic acids is 1. The first-order valence-corrected chi connectivity index (χ1v) is 7.68. The molecule has 120 valence electrons. The first-order chi connectivity index (χ1) is 10.2. The highest BCUT2D eigenvalue weighted by Gasteiger charge is 2.37. The number of halogens is 3. The van der Waals surface area contributed by atoms with Crippen LogP contribution in [0.2, 0.25) is 0 Å². The lowest BCUT2D eigenvalue weighted by Gasteiger charge is -2.34. The van der Waals surface area contributed by atoms with Gasteiger partial charge in [0.05, 0.1) is 5.56 Å². The first kappa shape index (κ1) is 16.9. The van der Waals surface area contributed by atoms with Crippen molar-refractivity contribution in [2.45, 2.75) is 37.6 Å². The molecule has 0 heterocycles.